The van der Waals surface area contributed by atoms with Crippen molar-refractivity contribution in [2.45, 2.75) is 19.8 Å². The minimum Gasteiger partial charge on any atom is -0.387 e. The zero-order valence-corrected chi connectivity index (χ0v) is 8.23. The Bertz CT molecular complexity index is 326. The molecule has 3 heteroatoms. The van der Waals surface area contributed by atoms with E-state index in [4.69, 9.17) is 5.73 Å². The molecule has 1 aromatic carbocycles. The molecule has 1 amide bonds. The predicted octanol–water partition coefficient (Wildman–Crippen LogP) is 1.52. The van der Waals surface area contributed by atoms with Crippen molar-refractivity contribution in [1.29, 1.82) is 0 Å². The lowest BCUT2D eigenvalue weighted by Gasteiger charge is -1.97. The Morgan fingerprint density at radius 2 is 2.00 bits per heavy atom. The SMILES string of the molecule is CC(N)=NC(=O)CCc1ccccc1. The lowest BCUT2D eigenvalue weighted by Crippen LogP contribution is -2.09. The maximum Gasteiger partial charge on any atom is 0.247 e. The molecule has 0 aliphatic rings. The van der Waals surface area contributed by atoms with Gasteiger partial charge in [-0.15, -0.1) is 0 Å². The van der Waals surface area contributed by atoms with Gasteiger partial charge >= 0.3 is 0 Å². The van der Waals surface area contributed by atoms with E-state index in [1.807, 2.05) is 30.3 Å². The number of aliphatic imine (C=N–C) groups is 1. The van der Waals surface area contributed by atoms with Crippen molar-refractivity contribution < 1.29 is 4.79 Å². The van der Waals surface area contributed by atoms with Crippen molar-refractivity contribution >= 4 is 11.7 Å². The summed E-state index contributed by atoms with van der Waals surface area (Å²) >= 11 is 0. The molecule has 1 aromatic rings. The Morgan fingerprint density at radius 1 is 1.36 bits per heavy atom. The molecular formula is C11H14N2O. The number of nitrogens with zero attached hydrogens (tertiary/aromatic N) is 1. The first-order valence-electron chi connectivity index (χ1n) is 4.56. The van der Waals surface area contributed by atoms with Crippen LogP contribution in [0.1, 0.15) is 18.9 Å². The first-order valence-corrected chi connectivity index (χ1v) is 4.56. The molecule has 0 spiro atoms. The average Bonchev–Trinajstić information content (AvgIpc) is 2.15. The van der Waals surface area contributed by atoms with Crippen molar-refractivity contribution in [3.8, 4) is 0 Å². The highest BCUT2D eigenvalue weighted by Gasteiger charge is 1.99. The lowest BCUT2D eigenvalue weighted by molar-refractivity contribution is -0.117. The fourth-order valence-electron chi connectivity index (χ4n) is 1.15. The summed E-state index contributed by atoms with van der Waals surface area (Å²) in [5.41, 5.74) is 6.44. The number of nitrogens with two attached hydrogens (primary N) is 1. The van der Waals surface area contributed by atoms with Crippen LogP contribution in [0.25, 0.3) is 0 Å². The number of amides is 1. The summed E-state index contributed by atoms with van der Waals surface area (Å²) in [5.74, 6) is 0.164. The van der Waals surface area contributed by atoms with Crippen LogP contribution in [0.4, 0.5) is 0 Å². The number of amidine groups is 1. The molecule has 3 nitrogen and oxygen atoms in total. The number of carbonyl (C=O) groups excluding carboxylic acids is 1. The minimum absolute atomic E-state index is 0.158. The van der Waals surface area contributed by atoms with Crippen molar-refractivity contribution in [3.63, 3.8) is 0 Å². The molecule has 0 saturated heterocycles. The number of carbonyl (C=O) groups is 1. The molecule has 0 radical (unpaired) electrons. The number of hydrogen-bond donors (Lipinski definition) is 1. The third-order valence-corrected chi connectivity index (χ3v) is 1.77. The Morgan fingerprint density at radius 3 is 2.57 bits per heavy atom. The maximum absolute atomic E-state index is 11.2. The zero-order chi connectivity index (χ0) is 10.4. The molecule has 0 aromatic heterocycles. The van der Waals surface area contributed by atoms with Crippen molar-refractivity contribution in [2.24, 2.45) is 10.7 Å². The van der Waals surface area contributed by atoms with E-state index in [1.54, 1.807) is 6.92 Å². The fourth-order valence-corrected chi connectivity index (χ4v) is 1.15. The van der Waals surface area contributed by atoms with Crippen LogP contribution in [0.3, 0.4) is 0 Å². The largest absolute Gasteiger partial charge is 0.387 e. The molecule has 0 bridgehead atoms. The molecule has 1 rings (SSSR count). The molecular weight excluding hydrogens is 176 g/mol. The summed E-state index contributed by atoms with van der Waals surface area (Å²) in [4.78, 5) is 14.8. The van der Waals surface area contributed by atoms with Gasteiger partial charge in [0.15, 0.2) is 0 Å². The minimum atomic E-state index is -0.158. The van der Waals surface area contributed by atoms with Gasteiger partial charge in [0.1, 0.15) is 0 Å². The monoisotopic (exact) mass is 190 g/mol. The summed E-state index contributed by atoms with van der Waals surface area (Å²) in [6, 6.07) is 9.85. The highest BCUT2D eigenvalue weighted by atomic mass is 16.1. The molecule has 14 heavy (non-hydrogen) atoms. The van der Waals surface area contributed by atoms with Crippen LogP contribution in [0.2, 0.25) is 0 Å². The molecule has 0 aliphatic carbocycles. The van der Waals surface area contributed by atoms with Crippen LogP contribution >= 0.6 is 0 Å². The molecule has 2 N–H and O–H groups in total. The van der Waals surface area contributed by atoms with E-state index in [1.165, 1.54) is 0 Å². The zero-order valence-electron chi connectivity index (χ0n) is 8.23. The predicted molar refractivity (Wildman–Crippen MR) is 57.1 cm³/mol. The molecule has 0 heterocycles. The highest BCUT2D eigenvalue weighted by Crippen LogP contribution is 2.02. The van der Waals surface area contributed by atoms with E-state index >= 15 is 0 Å². The second-order valence-electron chi connectivity index (χ2n) is 3.13. The topological polar surface area (TPSA) is 55.4 Å². The van der Waals surface area contributed by atoms with Crippen LogP contribution in [0, 0.1) is 0 Å². The van der Waals surface area contributed by atoms with Crippen LogP contribution < -0.4 is 5.73 Å². The normalized spacial score (nSPS) is 11.4. The lowest BCUT2D eigenvalue weighted by atomic mass is 10.1. The van der Waals surface area contributed by atoms with Crippen molar-refractivity contribution in [1.82, 2.24) is 0 Å². The summed E-state index contributed by atoms with van der Waals surface area (Å²) < 4.78 is 0. The van der Waals surface area contributed by atoms with E-state index in [0.717, 1.165) is 12.0 Å². The van der Waals surface area contributed by atoms with Gasteiger partial charge in [-0.3, -0.25) is 4.79 Å². The summed E-state index contributed by atoms with van der Waals surface area (Å²) in [6.45, 7) is 1.61. The second kappa shape index (κ2) is 5.17. The smallest absolute Gasteiger partial charge is 0.247 e. The summed E-state index contributed by atoms with van der Waals surface area (Å²) in [5, 5.41) is 0. The van der Waals surface area contributed by atoms with E-state index in [-0.39, 0.29) is 5.91 Å². The standard InChI is InChI=1S/C11H14N2O/c1-9(12)13-11(14)8-7-10-5-3-2-4-6-10/h2-6H,7-8H2,1H3,(H2,12,13,14). The summed E-state index contributed by atoms with van der Waals surface area (Å²) in [6.07, 6.45) is 1.13. The van der Waals surface area contributed by atoms with Gasteiger partial charge < -0.3 is 5.73 Å². The Balaban J connectivity index is 2.42. The Kier molecular flexibility index (Phi) is 3.85. The average molecular weight is 190 g/mol. The number of rotatable bonds is 3. The van der Waals surface area contributed by atoms with Gasteiger partial charge in [-0.05, 0) is 18.9 Å². The molecule has 74 valence electrons. The van der Waals surface area contributed by atoms with Crippen molar-refractivity contribution in [2.75, 3.05) is 0 Å². The Hall–Kier alpha value is -1.64. The fraction of sp³-hybridized carbons (Fsp3) is 0.273. The third-order valence-electron chi connectivity index (χ3n) is 1.77. The van der Waals surface area contributed by atoms with Crippen LogP contribution in [0.5, 0.6) is 0 Å². The van der Waals surface area contributed by atoms with Gasteiger partial charge in [0.25, 0.3) is 0 Å². The van der Waals surface area contributed by atoms with Crippen LogP contribution in [0.15, 0.2) is 35.3 Å². The van der Waals surface area contributed by atoms with Gasteiger partial charge in [-0.2, -0.15) is 0 Å². The van der Waals surface area contributed by atoms with Gasteiger partial charge in [-0.1, -0.05) is 30.3 Å². The van der Waals surface area contributed by atoms with Crippen LogP contribution in [-0.4, -0.2) is 11.7 Å². The van der Waals surface area contributed by atoms with E-state index in [0.29, 0.717) is 12.3 Å². The molecule has 0 atom stereocenters. The number of benzene rings is 1. The van der Waals surface area contributed by atoms with E-state index in [9.17, 15) is 4.79 Å². The maximum atomic E-state index is 11.2. The molecule has 0 aliphatic heterocycles. The molecule has 0 fully saturated rings. The Labute approximate surface area is 83.7 Å². The number of aryl methyl sites for hydroxylation is 1. The van der Waals surface area contributed by atoms with Gasteiger partial charge in [0.2, 0.25) is 5.91 Å². The number of hydrogen-bond acceptors (Lipinski definition) is 1. The van der Waals surface area contributed by atoms with Gasteiger partial charge in [0, 0.05) is 6.42 Å². The van der Waals surface area contributed by atoms with Gasteiger partial charge in [-0.25, -0.2) is 4.99 Å². The quantitative estimate of drug-likeness (QED) is 0.580. The van der Waals surface area contributed by atoms with Crippen LogP contribution in [-0.2, 0) is 11.2 Å². The van der Waals surface area contributed by atoms with E-state index < -0.39 is 0 Å². The third kappa shape index (κ3) is 3.85. The molecule has 0 unspecified atom stereocenters. The van der Waals surface area contributed by atoms with Gasteiger partial charge in [0.05, 0.1) is 5.84 Å². The first kappa shape index (κ1) is 10.4. The second-order valence-corrected chi connectivity index (χ2v) is 3.13. The van der Waals surface area contributed by atoms with E-state index in [2.05, 4.69) is 4.99 Å². The van der Waals surface area contributed by atoms with Crippen molar-refractivity contribution in [3.05, 3.63) is 35.9 Å². The summed E-state index contributed by atoms with van der Waals surface area (Å²) in [7, 11) is 0. The highest BCUT2D eigenvalue weighted by molar-refractivity contribution is 5.92. The first-order chi connectivity index (χ1) is 6.68. The molecule has 0 saturated carbocycles.